The molecule has 0 amide bonds. The molecule has 1 N–H and O–H groups in total. The third-order valence-electron chi connectivity index (χ3n) is 3.05. The van der Waals surface area contributed by atoms with Gasteiger partial charge in [0.15, 0.2) is 0 Å². The molecule has 17 heavy (non-hydrogen) atoms. The number of carboxylic acid groups (broad SMARTS) is 1. The van der Waals surface area contributed by atoms with Crippen molar-refractivity contribution in [2.45, 2.75) is 24.0 Å². The normalized spacial score (nSPS) is 24.2. The molecule has 1 saturated heterocycles. The molecule has 2 rings (SSSR count). The standard InChI is InChI=1S/C14H16O2S/c15-13(16)14(10-5-11-17-14)9-4-8-12-6-2-1-3-7-12/h1-4,6-8H,5,9-11H2,(H,15,16)/b8-4+. The Balaban J connectivity index is 2.01. The summed E-state index contributed by atoms with van der Waals surface area (Å²) in [6.07, 6.45) is 6.40. The number of carbonyl (C=O) groups is 1. The van der Waals surface area contributed by atoms with Crippen LogP contribution in [0.1, 0.15) is 24.8 Å². The molecule has 1 heterocycles. The van der Waals surface area contributed by atoms with Gasteiger partial charge >= 0.3 is 5.97 Å². The first kappa shape index (κ1) is 12.2. The van der Waals surface area contributed by atoms with E-state index in [1.807, 2.05) is 42.5 Å². The Kier molecular flexibility index (Phi) is 3.89. The van der Waals surface area contributed by atoms with Gasteiger partial charge in [-0.2, -0.15) is 0 Å². The maximum Gasteiger partial charge on any atom is 0.320 e. The molecule has 3 heteroatoms. The summed E-state index contributed by atoms with van der Waals surface area (Å²) in [5.74, 6) is 0.295. The lowest BCUT2D eigenvalue weighted by molar-refractivity contribution is -0.139. The molecule has 0 radical (unpaired) electrons. The van der Waals surface area contributed by atoms with Crippen molar-refractivity contribution in [2.24, 2.45) is 0 Å². The number of benzene rings is 1. The van der Waals surface area contributed by atoms with Gasteiger partial charge < -0.3 is 5.11 Å². The van der Waals surface area contributed by atoms with Gasteiger partial charge in [0.2, 0.25) is 0 Å². The first-order valence-electron chi connectivity index (χ1n) is 5.82. The molecule has 90 valence electrons. The van der Waals surface area contributed by atoms with Crippen LogP contribution < -0.4 is 0 Å². The van der Waals surface area contributed by atoms with Crippen LogP contribution in [0, 0.1) is 0 Å². The van der Waals surface area contributed by atoms with E-state index in [0.717, 1.165) is 24.2 Å². The Labute approximate surface area is 106 Å². The second-order valence-corrected chi connectivity index (χ2v) is 5.75. The van der Waals surface area contributed by atoms with Crippen LogP contribution in [0.2, 0.25) is 0 Å². The molecule has 1 aliphatic rings. The number of thioether (sulfide) groups is 1. The van der Waals surface area contributed by atoms with Gasteiger partial charge in [-0.15, -0.1) is 11.8 Å². The maximum atomic E-state index is 11.3. The maximum absolute atomic E-state index is 11.3. The van der Waals surface area contributed by atoms with Crippen molar-refractivity contribution in [3.63, 3.8) is 0 Å². The zero-order valence-electron chi connectivity index (χ0n) is 9.63. The van der Waals surface area contributed by atoms with Crippen LogP contribution in [0.15, 0.2) is 36.4 Å². The van der Waals surface area contributed by atoms with E-state index in [9.17, 15) is 9.90 Å². The summed E-state index contributed by atoms with van der Waals surface area (Å²) < 4.78 is -0.578. The zero-order chi connectivity index (χ0) is 12.1. The number of hydrogen-bond acceptors (Lipinski definition) is 2. The highest BCUT2D eigenvalue weighted by atomic mass is 32.2. The number of allylic oxidation sites excluding steroid dienone is 1. The van der Waals surface area contributed by atoms with E-state index in [4.69, 9.17) is 0 Å². The van der Waals surface area contributed by atoms with Crippen LogP contribution in [0.5, 0.6) is 0 Å². The lowest BCUT2D eigenvalue weighted by Crippen LogP contribution is -2.31. The Morgan fingerprint density at radius 2 is 2.18 bits per heavy atom. The van der Waals surface area contributed by atoms with E-state index in [1.165, 1.54) is 0 Å². The minimum atomic E-state index is -0.669. The largest absolute Gasteiger partial charge is 0.480 e. The minimum absolute atomic E-state index is 0.578. The molecule has 1 aromatic rings. The van der Waals surface area contributed by atoms with E-state index in [-0.39, 0.29) is 0 Å². The quantitative estimate of drug-likeness (QED) is 0.887. The molecule has 1 aliphatic heterocycles. The highest BCUT2D eigenvalue weighted by Gasteiger charge is 2.40. The molecule has 1 fully saturated rings. The van der Waals surface area contributed by atoms with E-state index in [2.05, 4.69) is 0 Å². The van der Waals surface area contributed by atoms with Crippen LogP contribution in [0.25, 0.3) is 6.08 Å². The van der Waals surface area contributed by atoms with Gasteiger partial charge in [0.1, 0.15) is 4.75 Å². The SMILES string of the molecule is O=C(O)C1(C/C=C/c2ccccc2)CCCS1. The van der Waals surface area contributed by atoms with Crippen molar-refractivity contribution >= 4 is 23.8 Å². The fourth-order valence-corrected chi connectivity index (χ4v) is 3.37. The Morgan fingerprint density at radius 3 is 2.76 bits per heavy atom. The van der Waals surface area contributed by atoms with E-state index >= 15 is 0 Å². The average Bonchev–Trinajstić information content (AvgIpc) is 2.80. The predicted molar refractivity (Wildman–Crippen MR) is 72.2 cm³/mol. The second kappa shape index (κ2) is 5.41. The van der Waals surface area contributed by atoms with Gasteiger partial charge in [-0.1, -0.05) is 42.5 Å². The zero-order valence-corrected chi connectivity index (χ0v) is 10.5. The van der Waals surface area contributed by atoms with E-state index < -0.39 is 10.7 Å². The van der Waals surface area contributed by atoms with Crippen molar-refractivity contribution in [3.05, 3.63) is 42.0 Å². The molecule has 0 aliphatic carbocycles. The molecule has 1 aromatic carbocycles. The average molecular weight is 248 g/mol. The molecular formula is C14H16O2S. The van der Waals surface area contributed by atoms with Crippen LogP contribution in [0.3, 0.4) is 0 Å². The fourth-order valence-electron chi connectivity index (χ4n) is 2.06. The first-order valence-corrected chi connectivity index (χ1v) is 6.80. The minimum Gasteiger partial charge on any atom is -0.480 e. The summed E-state index contributed by atoms with van der Waals surface area (Å²) in [5, 5.41) is 9.31. The molecule has 0 aromatic heterocycles. The van der Waals surface area contributed by atoms with E-state index in [0.29, 0.717) is 6.42 Å². The Bertz CT molecular complexity index is 405. The first-order chi connectivity index (χ1) is 8.23. The van der Waals surface area contributed by atoms with Crippen LogP contribution >= 0.6 is 11.8 Å². The third kappa shape index (κ3) is 2.91. The van der Waals surface area contributed by atoms with Crippen LogP contribution in [0.4, 0.5) is 0 Å². The summed E-state index contributed by atoms with van der Waals surface area (Å²) in [4.78, 5) is 11.3. The monoisotopic (exact) mass is 248 g/mol. The highest BCUT2D eigenvalue weighted by molar-refractivity contribution is 8.01. The van der Waals surface area contributed by atoms with Crippen LogP contribution in [-0.2, 0) is 4.79 Å². The smallest absolute Gasteiger partial charge is 0.320 e. The topological polar surface area (TPSA) is 37.3 Å². The van der Waals surface area contributed by atoms with Gasteiger partial charge in [-0.05, 0) is 30.6 Å². The molecular weight excluding hydrogens is 232 g/mol. The Morgan fingerprint density at radius 1 is 1.41 bits per heavy atom. The van der Waals surface area contributed by atoms with Gasteiger partial charge in [0.25, 0.3) is 0 Å². The molecule has 1 atom stereocenters. The summed E-state index contributed by atoms with van der Waals surface area (Å²) in [6, 6.07) is 9.98. The number of hydrogen-bond donors (Lipinski definition) is 1. The number of aliphatic carboxylic acids is 1. The summed E-state index contributed by atoms with van der Waals surface area (Å²) in [6.45, 7) is 0. The molecule has 1 unspecified atom stereocenters. The fraction of sp³-hybridized carbons (Fsp3) is 0.357. The van der Waals surface area contributed by atoms with Gasteiger partial charge in [-0.3, -0.25) is 4.79 Å². The van der Waals surface area contributed by atoms with Gasteiger partial charge in [0, 0.05) is 0 Å². The van der Waals surface area contributed by atoms with Gasteiger partial charge in [0.05, 0.1) is 0 Å². The van der Waals surface area contributed by atoms with Crippen molar-refractivity contribution in [3.8, 4) is 0 Å². The lowest BCUT2D eigenvalue weighted by atomic mass is 9.98. The van der Waals surface area contributed by atoms with Crippen molar-refractivity contribution < 1.29 is 9.90 Å². The second-order valence-electron chi connectivity index (χ2n) is 4.27. The summed E-state index contributed by atoms with van der Waals surface area (Å²) in [7, 11) is 0. The predicted octanol–water partition coefficient (Wildman–Crippen LogP) is 3.44. The number of carboxylic acids is 1. The van der Waals surface area contributed by atoms with Crippen molar-refractivity contribution in [1.82, 2.24) is 0 Å². The summed E-state index contributed by atoms with van der Waals surface area (Å²) >= 11 is 1.58. The van der Waals surface area contributed by atoms with Crippen molar-refractivity contribution in [1.29, 1.82) is 0 Å². The lowest BCUT2D eigenvalue weighted by Gasteiger charge is -2.20. The van der Waals surface area contributed by atoms with Crippen molar-refractivity contribution in [2.75, 3.05) is 5.75 Å². The molecule has 0 bridgehead atoms. The Hall–Kier alpha value is -1.22. The highest BCUT2D eigenvalue weighted by Crippen LogP contribution is 2.41. The molecule has 2 nitrogen and oxygen atoms in total. The summed E-state index contributed by atoms with van der Waals surface area (Å²) in [5.41, 5.74) is 1.12. The van der Waals surface area contributed by atoms with E-state index in [1.54, 1.807) is 11.8 Å². The molecule has 0 spiro atoms. The number of rotatable bonds is 4. The third-order valence-corrected chi connectivity index (χ3v) is 4.64. The molecule has 0 saturated carbocycles. The van der Waals surface area contributed by atoms with Gasteiger partial charge in [-0.25, -0.2) is 0 Å². The van der Waals surface area contributed by atoms with Crippen LogP contribution in [-0.4, -0.2) is 21.6 Å².